The van der Waals surface area contributed by atoms with Crippen LogP contribution >= 0.6 is 11.6 Å². The Labute approximate surface area is 122 Å². The quantitative estimate of drug-likeness (QED) is 0.795. The van der Waals surface area contributed by atoms with Gasteiger partial charge in [0.25, 0.3) is 5.91 Å². The minimum atomic E-state index is -3.51. The molecular formula is C12H16ClNO5S. The van der Waals surface area contributed by atoms with Crippen molar-refractivity contribution in [3.8, 4) is 0 Å². The number of halogens is 1. The lowest BCUT2D eigenvalue weighted by Gasteiger charge is -2.11. The van der Waals surface area contributed by atoms with Gasteiger partial charge in [-0.05, 0) is 18.2 Å². The van der Waals surface area contributed by atoms with E-state index in [-0.39, 0.29) is 28.6 Å². The zero-order chi connectivity index (χ0) is 15.3. The highest BCUT2D eigenvalue weighted by Gasteiger charge is 2.16. The van der Waals surface area contributed by atoms with E-state index < -0.39 is 21.8 Å². The van der Waals surface area contributed by atoms with E-state index in [1.54, 1.807) is 0 Å². The van der Waals surface area contributed by atoms with Crippen LogP contribution in [0.4, 0.5) is 0 Å². The molecule has 0 spiro atoms. The first kappa shape index (κ1) is 16.9. The first-order valence-electron chi connectivity index (χ1n) is 5.70. The topological polar surface area (TPSA) is 92.7 Å². The second-order valence-electron chi connectivity index (χ2n) is 4.24. The molecule has 0 fully saturated rings. The van der Waals surface area contributed by atoms with Crippen LogP contribution in [0.5, 0.6) is 0 Å². The zero-order valence-corrected chi connectivity index (χ0v) is 12.7. The number of carbonyl (C=O) groups is 1. The number of nitrogens with one attached hydrogen (secondary N) is 1. The smallest absolute Gasteiger partial charge is 0.251 e. The highest BCUT2D eigenvalue weighted by molar-refractivity contribution is 7.90. The predicted molar refractivity (Wildman–Crippen MR) is 74.8 cm³/mol. The second kappa shape index (κ2) is 7.03. The number of hydrogen-bond donors (Lipinski definition) is 2. The summed E-state index contributed by atoms with van der Waals surface area (Å²) in [5.41, 5.74) is 0.152. The molecule has 0 bridgehead atoms. The minimum absolute atomic E-state index is 0.00348. The van der Waals surface area contributed by atoms with Crippen LogP contribution in [0.2, 0.25) is 5.02 Å². The summed E-state index contributed by atoms with van der Waals surface area (Å²) in [7, 11) is -2.08. The molecule has 0 radical (unpaired) electrons. The largest absolute Gasteiger partial charge is 0.389 e. The van der Waals surface area contributed by atoms with Crippen LogP contribution < -0.4 is 5.32 Å². The fourth-order valence-electron chi connectivity index (χ4n) is 1.49. The van der Waals surface area contributed by atoms with Gasteiger partial charge in [-0.15, -0.1) is 0 Å². The molecule has 0 aromatic heterocycles. The first-order valence-corrected chi connectivity index (χ1v) is 7.97. The van der Waals surface area contributed by atoms with Crippen molar-refractivity contribution in [2.45, 2.75) is 11.0 Å². The van der Waals surface area contributed by atoms with E-state index in [2.05, 4.69) is 5.32 Å². The lowest BCUT2D eigenvalue weighted by molar-refractivity contribution is 0.0610. The van der Waals surface area contributed by atoms with Gasteiger partial charge in [-0.2, -0.15) is 0 Å². The van der Waals surface area contributed by atoms with Crippen molar-refractivity contribution < 1.29 is 23.1 Å². The number of ether oxygens (including phenoxy) is 1. The number of carbonyl (C=O) groups excluding carboxylic acids is 1. The minimum Gasteiger partial charge on any atom is -0.389 e. The molecule has 20 heavy (non-hydrogen) atoms. The molecule has 8 heteroatoms. The zero-order valence-electron chi connectivity index (χ0n) is 11.1. The molecule has 0 aliphatic carbocycles. The van der Waals surface area contributed by atoms with E-state index >= 15 is 0 Å². The van der Waals surface area contributed by atoms with E-state index in [0.717, 1.165) is 6.26 Å². The van der Waals surface area contributed by atoms with Gasteiger partial charge in [-0.25, -0.2) is 8.42 Å². The molecule has 1 atom stereocenters. The Morgan fingerprint density at radius 2 is 2.15 bits per heavy atom. The number of benzene rings is 1. The van der Waals surface area contributed by atoms with Crippen LogP contribution in [0, 0.1) is 0 Å². The van der Waals surface area contributed by atoms with Crippen molar-refractivity contribution in [1.29, 1.82) is 0 Å². The molecule has 1 unspecified atom stereocenters. The monoisotopic (exact) mass is 321 g/mol. The van der Waals surface area contributed by atoms with E-state index in [9.17, 15) is 18.3 Å². The Hall–Kier alpha value is -1.15. The molecule has 0 saturated carbocycles. The first-order chi connectivity index (χ1) is 9.25. The molecule has 1 amide bonds. The standard InChI is InChI=1S/C12H16ClNO5S/c1-19-7-9(15)6-14-12(16)8-3-4-10(13)11(5-8)20(2,17)18/h3-5,9,15H,6-7H2,1-2H3,(H,14,16). The summed E-state index contributed by atoms with van der Waals surface area (Å²) in [5.74, 6) is -0.498. The maximum atomic E-state index is 11.8. The fraction of sp³-hybridized carbons (Fsp3) is 0.417. The summed E-state index contributed by atoms with van der Waals surface area (Å²) in [6.07, 6.45) is 0.184. The molecule has 1 aromatic carbocycles. The Morgan fingerprint density at radius 3 is 2.70 bits per heavy atom. The molecular weight excluding hydrogens is 306 g/mol. The summed E-state index contributed by atoms with van der Waals surface area (Å²) in [6, 6.07) is 3.96. The van der Waals surface area contributed by atoms with Crippen molar-refractivity contribution in [1.82, 2.24) is 5.32 Å². The van der Waals surface area contributed by atoms with Crippen LogP contribution in [0.15, 0.2) is 23.1 Å². The molecule has 2 N–H and O–H groups in total. The van der Waals surface area contributed by atoms with Gasteiger partial charge in [0.1, 0.15) is 0 Å². The van der Waals surface area contributed by atoms with Gasteiger partial charge < -0.3 is 15.2 Å². The van der Waals surface area contributed by atoms with Gasteiger partial charge in [0.05, 0.1) is 22.6 Å². The summed E-state index contributed by atoms with van der Waals surface area (Å²) >= 11 is 5.79. The normalized spacial score (nSPS) is 13.0. The SMILES string of the molecule is COCC(O)CNC(=O)c1ccc(Cl)c(S(C)(=O)=O)c1. The Morgan fingerprint density at radius 1 is 1.50 bits per heavy atom. The van der Waals surface area contributed by atoms with Crippen LogP contribution in [0.3, 0.4) is 0 Å². The van der Waals surface area contributed by atoms with Crippen LogP contribution in [-0.2, 0) is 14.6 Å². The third-order valence-electron chi connectivity index (χ3n) is 2.45. The molecule has 1 rings (SSSR count). The number of rotatable bonds is 6. The number of amides is 1. The van der Waals surface area contributed by atoms with Gasteiger partial charge >= 0.3 is 0 Å². The number of methoxy groups -OCH3 is 1. The lowest BCUT2D eigenvalue weighted by atomic mass is 10.2. The number of aliphatic hydroxyl groups is 1. The second-order valence-corrected chi connectivity index (χ2v) is 6.63. The van der Waals surface area contributed by atoms with Crippen LogP contribution in [0.1, 0.15) is 10.4 Å². The third kappa shape index (κ3) is 4.75. The van der Waals surface area contributed by atoms with Crippen LogP contribution in [-0.4, -0.2) is 52.1 Å². The summed E-state index contributed by atoms with van der Waals surface area (Å²) in [6.45, 7) is 0.0962. The third-order valence-corrected chi connectivity index (χ3v) is 4.03. The van der Waals surface area contributed by atoms with Gasteiger partial charge in [0.2, 0.25) is 0 Å². The highest BCUT2D eigenvalue weighted by atomic mass is 35.5. The fourth-order valence-corrected chi connectivity index (χ4v) is 2.79. The molecule has 0 aliphatic heterocycles. The van der Waals surface area contributed by atoms with Crippen molar-refractivity contribution >= 4 is 27.3 Å². The van der Waals surface area contributed by atoms with E-state index in [1.165, 1.54) is 25.3 Å². The van der Waals surface area contributed by atoms with Crippen LogP contribution in [0.25, 0.3) is 0 Å². The maximum Gasteiger partial charge on any atom is 0.251 e. The summed E-state index contributed by atoms with van der Waals surface area (Å²) in [5, 5.41) is 11.9. The van der Waals surface area contributed by atoms with Gasteiger partial charge in [-0.1, -0.05) is 11.6 Å². The Kier molecular flexibility index (Phi) is 5.94. The van der Waals surface area contributed by atoms with Crippen molar-refractivity contribution in [2.24, 2.45) is 0 Å². The number of sulfone groups is 1. The van der Waals surface area contributed by atoms with Gasteiger partial charge in [-0.3, -0.25) is 4.79 Å². The molecule has 6 nitrogen and oxygen atoms in total. The molecule has 0 saturated heterocycles. The van der Waals surface area contributed by atoms with Gasteiger partial charge in [0, 0.05) is 25.5 Å². The molecule has 0 heterocycles. The Balaban J connectivity index is 2.85. The lowest BCUT2D eigenvalue weighted by Crippen LogP contribution is -2.34. The molecule has 0 aliphatic rings. The predicted octanol–water partition coefficient (Wildman–Crippen LogP) is 0.481. The average molecular weight is 322 g/mol. The van der Waals surface area contributed by atoms with Crippen molar-refractivity contribution in [3.05, 3.63) is 28.8 Å². The molecule has 1 aromatic rings. The average Bonchev–Trinajstić information content (AvgIpc) is 2.35. The van der Waals surface area contributed by atoms with Crippen molar-refractivity contribution in [2.75, 3.05) is 26.5 Å². The molecule has 112 valence electrons. The van der Waals surface area contributed by atoms with E-state index in [4.69, 9.17) is 16.3 Å². The maximum absolute atomic E-state index is 11.8. The number of hydrogen-bond acceptors (Lipinski definition) is 5. The van der Waals surface area contributed by atoms with Crippen molar-refractivity contribution in [3.63, 3.8) is 0 Å². The van der Waals surface area contributed by atoms with E-state index in [0.29, 0.717) is 0 Å². The summed E-state index contributed by atoms with van der Waals surface area (Å²) < 4.78 is 27.7. The summed E-state index contributed by atoms with van der Waals surface area (Å²) in [4.78, 5) is 11.7. The van der Waals surface area contributed by atoms with E-state index in [1.807, 2.05) is 0 Å². The van der Waals surface area contributed by atoms with Gasteiger partial charge in [0.15, 0.2) is 9.84 Å². The highest BCUT2D eigenvalue weighted by Crippen LogP contribution is 2.22. The number of aliphatic hydroxyl groups excluding tert-OH is 1. The Bertz CT molecular complexity index is 588.